The summed E-state index contributed by atoms with van der Waals surface area (Å²) >= 11 is 0. The number of tetrazole rings is 1. The van der Waals surface area contributed by atoms with Crippen LogP contribution in [0.5, 0.6) is 0 Å². The number of aromatic nitrogens is 9. The second kappa shape index (κ2) is 9.26. The first kappa shape index (κ1) is 21.5. The van der Waals surface area contributed by atoms with Crippen LogP contribution in [0, 0.1) is 0 Å². The van der Waals surface area contributed by atoms with Crippen molar-refractivity contribution >= 4 is 0 Å². The zero-order chi connectivity index (χ0) is 23.5. The summed E-state index contributed by atoms with van der Waals surface area (Å²) in [7, 11) is 1.88. The zero-order valence-corrected chi connectivity index (χ0v) is 19.1. The molecule has 172 valence electrons. The van der Waals surface area contributed by atoms with E-state index in [9.17, 15) is 4.79 Å². The fourth-order valence-electron chi connectivity index (χ4n) is 4.04. The van der Waals surface area contributed by atoms with Crippen LogP contribution in [0.15, 0.2) is 66.0 Å². The molecule has 4 heterocycles. The molecule has 34 heavy (non-hydrogen) atoms. The lowest BCUT2D eigenvalue weighted by atomic mass is 10.0. The molecule has 10 nitrogen and oxygen atoms in total. The van der Waals surface area contributed by atoms with Gasteiger partial charge in [-0.1, -0.05) is 43.7 Å². The number of unbranched alkanes of at least 4 members (excludes halogenated alkanes) is 1. The Morgan fingerprint density at radius 2 is 1.91 bits per heavy atom. The minimum atomic E-state index is -0.116. The van der Waals surface area contributed by atoms with Crippen LogP contribution in [0.2, 0.25) is 0 Å². The largest absolute Gasteiger partial charge is 0.335 e. The first-order chi connectivity index (χ1) is 16.7. The minimum absolute atomic E-state index is 0.116. The summed E-state index contributed by atoms with van der Waals surface area (Å²) in [5, 5.41) is 14.2. The van der Waals surface area contributed by atoms with Crippen molar-refractivity contribution in [2.45, 2.75) is 32.7 Å². The van der Waals surface area contributed by atoms with Gasteiger partial charge in [-0.25, -0.2) is 19.4 Å². The number of benzene rings is 1. The van der Waals surface area contributed by atoms with E-state index in [0.29, 0.717) is 18.3 Å². The molecule has 0 saturated heterocycles. The Bertz CT molecular complexity index is 1440. The number of nitrogens with one attached hydrogen (secondary N) is 1. The van der Waals surface area contributed by atoms with E-state index in [1.54, 1.807) is 15.3 Å². The normalized spacial score (nSPS) is 11.2. The second-order valence-corrected chi connectivity index (χ2v) is 8.13. The smallest absolute Gasteiger partial charge is 0.320 e. The van der Waals surface area contributed by atoms with Crippen LogP contribution >= 0.6 is 0 Å². The van der Waals surface area contributed by atoms with Gasteiger partial charge in [0, 0.05) is 48.7 Å². The van der Waals surface area contributed by atoms with Crippen molar-refractivity contribution in [2.75, 3.05) is 0 Å². The van der Waals surface area contributed by atoms with Crippen LogP contribution < -0.4 is 5.69 Å². The highest BCUT2D eigenvalue weighted by molar-refractivity contribution is 5.79. The molecule has 0 aliphatic heterocycles. The van der Waals surface area contributed by atoms with Gasteiger partial charge in [0.1, 0.15) is 0 Å². The first-order valence-corrected chi connectivity index (χ1v) is 11.2. The lowest BCUT2D eigenvalue weighted by Crippen LogP contribution is -2.26. The average molecular weight is 456 g/mol. The molecule has 0 amide bonds. The van der Waals surface area contributed by atoms with Crippen LogP contribution in [0.4, 0.5) is 0 Å². The summed E-state index contributed by atoms with van der Waals surface area (Å²) in [4.78, 5) is 22.3. The van der Waals surface area contributed by atoms with Gasteiger partial charge in [-0.2, -0.15) is 0 Å². The first-order valence-electron chi connectivity index (χ1n) is 11.2. The number of nitrogens with zero attached hydrogens (tertiary/aromatic N) is 8. The lowest BCUT2D eigenvalue weighted by Gasteiger charge is -2.09. The minimum Gasteiger partial charge on any atom is -0.320 e. The Hall–Kier alpha value is -4.34. The third-order valence-electron chi connectivity index (χ3n) is 5.84. The van der Waals surface area contributed by atoms with Crippen LogP contribution in [-0.4, -0.2) is 44.3 Å². The van der Waals surface area contributed by atoms with Gasteiger partial charge in [0.05, 0.1) is 12.2 Å². The fourth-order valence-corrected chi connectivity index (χ4v) is 4.04. The van der Waals surface area contributed by atoms with E-state index in [2.05, 4.69) is 37.5 Å². The van der Waals surface area contributed by atoms with Gasteiger partial charge in [-0.3, -0.25) is 9.55 Å². The summed E-state index contributed by atoms with van der Waals surface area (Å²) in [6.07, 6.45) is 10.1. The highest BCUT2D eigenvalue weighted by Crippen LogP contribution is 2.29. The molecule has 10 heteroatoms. The predicted molar refractivity (Wildman–Crippen MR) is 127 cm³/mol. The van der Waals surface area contributed by atoms with Crippen molar-refractivity contribution in [2.24, 2.45) is 7.05 Å². The summed E-state index contributed by atoms with van der Waals surface area (Å²) in [5.41, 5.74) is 4.48. The van der Waals surface area contributed by atoms with Crippen LogP contribution in [0.3, 0.4) is 0 Å². The SMILES string of the molecule is CCCCc1cn(-c2nccn2C)c(=O)n1Cc1ccc(-c2ccccc2-c2nnn[nH]2)cn1. The van der Waals surface area contributed by atoms with E-state index in [-0.39, 0.29) is 5.69 Å². The second-order valence-electron chi connectivity index (χ2n) is 8.13. The predicted octanol–water partition coefficient (Wildman–Crippen LogP) is 3.01. The number of imidazole rings is 2. The molecule has 5 aromatic rings. The molecule has 5 rings (SSSR count). The molecule has 0 fully saturated rings. The molecule has 0 unspecified atom stereocenters. The molecule has 0 radical (unpaired) electrons. The van der Waals surface area contributed by atoms with E-state index < -0.39 is 0 Å². The maximum atomic E-state index is 13.3. The Morgan fingerprint density at radius 1 is 1.06 bits per heavy atom. The molecule has 0 aliphatic rings. The number of aryl methyl sites for hydroxylation is 2. The van der Waals surface area contributed by atoms with E-state index in [0.717, 1.165) is 47.3 Å². The lowest BCUT2D eigenvalue weighted by molar-refractivity contribution is 0.659. The Morgan fingerprint density at radius 3 is 2.59 bits per heavy atom. The third kappa shape index (κ3) is 4.05. The third-order valence-corrected chi connectivity index (χ3v) is 5.84. The number of aromatic amines is 1. The Labute approximate surface area is 195 Å². The van der Waals surface area contributed by atoms with Gasteiger partial charge >= 0.3 is 5.69 Å². The molecule has 0 aliphatic carbocycles. The number of H-pyrrole nitrogens is 1. The molecule has 4 aromatic heterocycles. The van der Waals surface area contributed by atoms with Gasteiger partial charge in [-0.05, 0) is 34.9 Å². The van der Waals surface area contributed by atoms with E-state index in [1.165, 1.54) is 0 Å². The number of hydrogen-bond donors (Lipinski definition) is 1. The van der Waals surface area contributed by atoms with Gasteiger partial charge in [0.15, 0.2) is 5.82 Å². The molecule has 1 aromatic carbocycles. The van der Waals surface area contributed by atoms with Gasteiger partial charge in [0.2, 0.25) is 5.95 Å². The summed E-state index contributed by atoms with van der Waals surface area (Å²) in [5.74, 6) is 1.20. The molecule has 0 saturated carbocycles. The quantitative estimate of drug-likeness (QED) is 0.385. The van der Waals surface area contributed by atoms with Gasteiger partial charge in [0.25, 0.3) is 0 Å². The monoisotopic (exact) mass is 455 g/mol. The summed E-state index contributed by atoms with van der Waals surface area (Å²) in [6.45, 7) is 2.54. The van der Waals surface area contributed by atoms with Crippen molar-refractivity contribution in [1.82, 2.24) is 44.3 Å². The van der Waals surface area contributed by atoms with E-state index in [4.69, 9.17) is 0 Å². The van der Waals surface area contributed by atoms with E-state index in [1.807, 2.05) is 66.6 Å². The molecular weight excluding hydrogens is 430 g/mol. The van der Waals surface area contributed by atoms with Crippen LogP contribution in [0.25, 0.3) is 28.5 Å². The van der Waals surface area contributed by atoms with Gasteiger partial charge in [-0.15, -0.1) is 5.10 Å². The molecular formula is C24H25N9O. The Balaban J connectivity index is 1.47. The average Bonchev–Trinajstić information content (AvgIpc) is 3.61. The number of rotatable bonds is 8. The molecule has 1 N–H and O–H groups in total. The van der Waals surface area contributed by atoms with E-state index >= 15 is 0 Å². The van der Waals surface area contributed by atoms with Crippen molar-refractivity contribution < 1.29 is 0 Å². The van der Waals surface area contributed by atoms with Crippen LogP contribution in [-0.2, 0) is 20.0 Å². The topological polar surface area (TPSA) is 112 Å². The zero-order valence-electron chi connectivity index (χ0n) is 19.1. The van der Waals surface area contributed by atoms with Crippen molar-refractivity contribution in [3.05, 3.63) is 83.1 Å². The van der Waals surface area contributed by atoms with Crippen molar-refractivity contribution in [3.63, 3.8) is 0 Å². The number of hydrogen-bond acceptors (Lipinski definition) is 6. The summed E-state index contributed by atoms with van der Waals surface area (Å²) < 4.78 is 5.24. The fraction of sp³-hybridized carbons (Fsp3) is 0.250. The Kier molecular flexibility index (Phi) is 5.86. The maximum absolute atomic E-state index is 13.3. The summed E-state index contributed by atoms with van der Waals surface area (Å²) in [6, 6.07) is 11.9. The number of pyridine rings is 1. The standard InChI is InChI=1S/C24H25N9O/c1-3-4-7-19-16-33(23-25-12-13-31(23)2)24(34)32(19)15-18-11-10-17(14-26-18)20-8-5-6-9-21(20)22-27-29-30-28-22/h5-6,8-14,16H,3-4,7,15H2,1-2H3,(H,27,28,29,30). The highest BCUT2D eigenvalue weighted by atomic mass is 16.1. The molecule has 0 bridgehead atoms. The molecule has 0 spiro atoms. The highest BCUT2D eigenvalue weighted by Gasteiger charge is 2.16. The van der Waals surface area contributed by atoms with Crippen molar-refractivity contribution in [1.29, 1.82) is 0 Å². The van der Waals surface area contributed by atoms with Crippen LogP contribution in [0.1, 0.15) is 31.2 Å². The maximum Gasteiger partial charge on any atom is 0.335 e. The van der Waals surface area contributed by atoms with Gasteiger partial charge < -0.3 is 4.57 Å². The van der Waals surface area contributed by atoms with Crippen molar-refractivity contribution in [3.8, 4) is 28.5 Å². The molecule has 0 atom stereocenters.